The Morgan fingerprint density at radius 1 is 1.20 bits per heavy atom. The second-order valence-corrected chi connectivity index (χ2v) is 4.95. The maximum absolute atomic E-state index is 13.3. The summed E-state index contributed by atoms with van der Waals surface area (Å²) in [7, 11) is 0. The van der Waals surface area contributed by atoms with E-state index in [0.29, 0.717) is 11.6 Å². The van der Waals surface area contributed by atoms with Crippen molar-refractivity contribution in [3.63, 3.8) is 0 Å². The van der Waals surface area contributed by atoms with Gasteiger partial charge in [0.15, 0.2) is 0 Å². The van der Waals surface area contributed by atoms with Crippen molar-refractivity contribution in [2.45, 2.75) is 6.54 Å². The molecule has 3 aromatic rings. The van der Waals surface area contributed by atoms with Crippen LogP contribution in [-0.2, 0) is 6.54 Å². The lowest BCUT2D eigenvalue weighted by Gasteiger charge is -2.07. The quantitative estimate of drug-likeness (QED) is 0.687. The summed E-state index contributed by atoms with van der Waals surface area (Å²) >= 11 is 6.22. The predicted molar refractivity (Wildman–Crippen MR) is 77.2 cm³/mol. The van der Waals surface area contributed by atoms with Crippen molar-refractivity contribution in [3.05, 3.63) is 70.6 Å². The van der Waals surface area contributed by atoms with Crippen molar-refractivity contribution in [3.8, 4) is 6.07 Å². The Kier molecular flexibility index (Phi) is 3.17. The summed E-state index contributed by atoms with van der Waals surface area (Å²) < 4.78 is 15.3. The Morgan fingerprint density at radius 3 is 2.85 bits per heavy atom. The largest absolute Gasteiger partial charge is 0.342 e. The van der Waals surface area contributed by atoms with Gasteiger partial charge in [0.25, 0.3) is 0 Å². The van der Waals surface area contributed by atoms with Crippen LogP contribution in [0.2, 0.25) is 5.02 Å². The fourth-order valence-electron chi connectivity index (χ4n) is 2.30. The standard InChI is InChI=1S/C16H10ClFN2/c17-14-3-1-2-12-6-7-20(16(12)14)10-11-4-5-15(18)13(8-11)9-19/h1-8H,10H2. The van der Waals surface area contributed by atoms with Gasteiger partial charge in [0.05, 0.1) is 16.1 Å². The molecule has 2 nitrogen and oxygen atoms in total. The van der Waals surface area contributed by atoms with Crippen molar-refractivity contribution in [1.82, 2.24) is 4.57 Å². The summed E-state index contributed by atoms with van der Waals surface area (Å²) in [5, 5.41) is 10.6. The van der Waals surface area contributed by atoms with Crippen LogP contribution in [0.3, 0.4) is 0 Å². The zero-order valence-electron chi connectivity index (χ0n) is 10.5. The van der Waals surface area contributed by atoms with Gasteiger partial charge in [-0.3, -0.25) is 0 Å². The van der Waals surface area contributed by atoms with E-state index < -0.39 is 5.82 Å². The number of nitriles is 1. The van der Waals surface area contributed by atoms with E-state index in [1.54, 1.807) is 12.1 Å². The number of halogens is 2. The van der Waals surface area contributed by atoms with Gasteiger partial charge in [0.2, 0.25) is 0 Å². The SMILES string of the molecule is N#Cc1cc(Cn2ccc3cccc(Cl)c32)ccc1F. The van der Waals surface area contributed by atoms with Gasteiger partial charge in [-0.1, -0.05) is 29.8 Å². The molecule has 0 saturated heterocycles. The highest BCUT2D eigenvalue weighted by molar-refractivity contribution is 6.35. The van der Waals surface area contributed by atoms with E-state index in [1.165, 1.54) is 6.07 Å². The van der Waals surface area contributed by atoms with Gasteiger partial charge in [0, 0.05) is 18.1 Å². The monoisotopic (exact) mass is 284 g/mol. The van der Waals surface area contributed by atoms with E-state index in [-0.39, 0.29) is 5.56 Å². The summed E-state index contributed by atoms with van der Waals surface area (Å²) in [6.45, 7) is 0.544. The maximum Gasteiger partial charge on any atom is 0.140 e. The number of hydrogen-bond acceptors (Lipinski definition) is 1. The molecule has 0 radical (unpaired) electrons. The minimum Gasteiger partial charge on any atom is -0.342 e. The molecule has 2 aromatic carbocycles. The third-order valence-corrected chi connectivity index (χ3v) is 3.55. The van der Waals surface area contributed by atoms with Crippen molar-refractivity contribution in [2.75, 3.05) is 0 Å². The van der Waals surface area contributed by atoms with Crippen LogP contribution >= 0.6 is 11.6 Å². The Labute approximate surface area is 120 Å². The van der Waals surface area contributed by atoms with Crippen LogP contribution in [0.15, 0.2) is 48.7 Å². The van der Waals surface area contributed by atoms with Crippen LogP contribution in [0.4, 0.5) is 4.39 Å². The van der Waals surface area contributed by atoms with Crippen LogP contribution in [0.5, 0.6) is 0 Å². The summed E-state index contributed by atoms with van der Waals surface area (Å²) in [6.07, 6.45) is 1.94. The van der Waals surface area contributed by atoms with Crippen LogP contribution in [0.1, 0.15) is 11.1 Å². The molecule has 20 heavy (non-hydrogen) atoms. The molecule has 0 N–H and O–H groups in total. The molecule has 0 fully saturated rings. The van der Waals surface area contributed by atoms with E-state index in [9.17, 15) is 4.39 Å². The molecule has 0 saturated carbocycles. The van der Waals surface area contributed by atoms with E-state index in [1.807, 2.05) is 41.1 Å². The lowest BCUT2D eigenvalue weighted by Crippen LogP contribution is -1.99. The first-order valence-electron chi connectivity index (χ1n) is 6.11. The first kappa shape index (κ1) is 12.7. The topological polar surface area (TPSA) is 28.7 Å². The lowest BCUT2D eigenvalue weighted by atomic mass is 10.1. The summed E-state index contributed by atoms with van der Waals surface area (Å²) in [5.41, 5.74) is 1.86. The average Bonchev–Trinajstić information content (AvgIpc) is 2.85. The Balaban J connectivity index is 2.04. The highest BCUT2D eigenvalue weighted by atomic mass is 35.5. The molecule has 0 aliphatic heterocycles. The number of benzene rings is 2. The zero-order valence-corrected chi connectivity index (χ0v) is 11.2. The minimum atomic E-state index is -0.494. The number of hydrogen-bond donors (Lipinski definition) is 0. The molecule has 0 amide bonds. The third kappa shape index (κ3) is 2.15. The first-order chi connectivity index (χ1) is 9.69. The van der Waals surface area contributed by atoms with Gasteiger partial charge < -0.3 is 4.57 Å². The number of aromatic nitrogens is 1. The second kappa shape index (κ2) is 4.99. The van der Waals surface area contributed by atoms with E-state index in [0.717, 1.165) is 16.5 Å². The van der Waals surface area contributed by atoms with E-state index >= 15 is 0 Å². The molecule has 0 spiro atoms. The highest BCUT2D eigenvalue weighted by Gasteiger charge is 2.07. The number of fused-ring (bicyclic) bond motifs is 1. The van der Waals surface area contributed by atoms with Crippen LogP contribution in [-0.4, -0.2) is 4.57 Å². The highest BCUT2D eigenvalue weighted by Crippen LogP contribution is 2.25. The van der Waals surface area contributed by atoms with Gasteiger partial charge in [-0.05, 0) is 29.8 Å². The minimum absolute atomic E-state index is 0.0602. The fraction of sp³-hybridized carbons (Fsp3) is 0.0625. The number of nitrogens with zero attached hydrogens (tertiary/aromatic N) is 2. The molecule has 0 bridgehead atoms. The Bertz CT molecular complexity index is 830. The molecular formula is C16H10ClFN2. The molecule has 0 aliphatic rings. The van der Waals surface area contributed by atoms with Crippen molar-refractivity contribution in [1.29, 1.82) is 5.26 Å². The third-order valence-electron chi connectivity index (χ3n) is 3.24. The van der Waals surface area contributed by atoms with Crippen molar-refractivity contribution >= 4 is 22.5 Å². The predicted octanol–water partition coefficient (Wildman–Crippen LogP) is 4.35. The van der Waals surface area contributed by atoms with E-state index in [4.69, 9.17) is 16.9 Å². The summed E-state index contributed by atoms with van der Waals surface area (Å²) in [6, 6.07) is 14.1. The fourth-order valence-corrected chi connectivity index (χ4v) is 2.59. The molecule has 1 heterocycles. The van der Waals surface area contributed by atoms with Crippen molar-refractivity contribution < 1.29 is 4.39 Å². The molecule has 0 aliphatic carbocycles. The second-order valence-electron chi connectivity index (χ2n) is 4.55. The Hall–Kier alpha value is -2.31. The Morgan fingerprint density at radius 2 is 2.05 bits per heavy atom. The number of rotatable bonds is 2. The molecule has 3 rings (SSSR count). The summed E-state index contributed by atoms with van der Waals surface area (Å²) in [5.74, 6) is -0.494. The van der Waals surface area contributed by atoms with Gasteiger partial charge >= 0.3 is 0 Å². The van der Waals surface area contributed by atoms with Crippen molar-refractivity contribution in [2.24, 2.45) is 0 Å². The van der Waals surface area contributed by atoms with Crippen LogP contribution in [0.25, 0.3) is 10.9 Å². The zero-order chi connectivity index (χ0) is 14.1. The normalized spacial score (nSPS) is 10.7. The maximum atomic E-state index is 13.3. The first-order valence-corrected chi connectivity index (χ1v) is 6.49. The smallest absolute Gasteiger partial charge is 0.140 e. The molecule has 1 aromatic heterocycles. The van der Waals surface area contributed by atoms with Crippen LogP contribution < -0.4 is 0 Å². The molecule has 0 atom stereocenters. The summed E-state index contributed by atoms with van der Waals surface area (Å²) in [4.78, 5) is 0. The molecule has 98 valence electrons. The van der Waals surface area contributed by atoms with Crippen LogP contribution in [0, 0.1) is 17.1 Å². The van der Waals surface area contributed by atoms with Gasteiger partial charge in [-0.15, -0.1) is 0 Å². The lowest BCUT2D eigenvalue weighted by molar-refractivity contribution is 0.622. The van der Waals surface area contributed by atoms with Gasteiger partial charge in [-0.2, -0.15) is 5.26 Å². The average molecular weight is 285 g/mol. The molecule has 0 unspecified atom stereocenters. The van der Waals surface area contributed by atoms with E-state index in [2.05, 4.69) is 0 Å². The van der Waals surface area contributed by atoms with Gasteiger partial charge in [-0.25, -0.2) is 4.39 Å². The molecular weight excluding hydrogens is 275 g/mol. The van der Waals surface area contributed by atoms with Gasteiger partial charge in [0.1, 0.15) is 11.9 Å². The number of para-hydroxylation sites is 1. The molecule has 4 heteroatoms.